The van der Waals surface area contributed by atoms with Crippen molar-refractivity contribution in [3.63, 3.8) is 0 Å². The van der Waals surface area contributed by atoms with Gasteiger partial charge in [0, 0.05) is 18.0 Å². The van der Waals surface area contributed by atoms with Crippen molar-refractivity contribution >= 4 is 11.8 Å². The molecular weight excluding hydrogens is 168 g/mol. The van der Waals surface area contributed by atoms with Crippen LogP contribution >= 0.6 is 11.8 Å². The van der Waals surface area contributed by atoms with E-state index in [0.717, 1.165) is 17.2 Å². The van der Waals surface area contributed by atoms with E-state index in [2.05, 4.69) is 4.98 Å². The van der Waals surface area contributed by atoms with Gasteiger partial charge in [-0.25, -0.2) is 4.98 Å². The molecule has 1 atom stereocenters. The van der Waals surface area contributed by atoms with Gasteiger partial charge in [-0.1, -0.05) is 6.07 Å². The zero-order valence-electron chi connectivity index (χ0n) is 7.23. The Labute approximate surface area is 77.6 Å². The second-order valence-electron chi connectivity index (χ2n) is 2.78. The third kappa shape index (κ3) is 3.74. The molecule has 0 aromatic carbocycles. The fourth-order valence-electron chi connectivity index (χ4n) is 0.782. The SMILES string of the molecule is CC(N)CCSc1ccccn1. The summed E-state index contributed by atoms with van der Waals surface area (Å²) in [6.07, 6.45) is 2.86. The minimum Gasteiger partial charge on any atom is -0.328 e. The van der Waals surface area contributed by atoms with Crippen molar-refractivity contribution in [3.8, 4) is 0 Å². The maximum Gasteiger partial charge on any atom is 0.0959 e. The van der Waals surface area contributed by atoms with E-state index in [1.165, 1.54) is 0 Å². The Hall–Kier alpha value is -0.540. The van der Waals surface area contributed by atoms with Gasteiger partial charge in [0.2, 0.25) is 0 Å². The van der Waals surface area contributed by atoms with Crippen LogP contribution in [-0.2, 0) is 0 Å². The maximum atomic E-state index is 5.62. The first-order valence-electron chi connectivity index (χ1n) is 4.08. The topological polar surface area (TPSA) is 38.9 Å². The Morgan fingerprint density at radius 3 is 3.00 bits per heavy atom. The van der Waals surface area contributed by atoms with Gasteiger partial charge in [0.05, 0.1) is 5.03 Å². The molecule has 0 radical (unpaired) electrons. The molecule has 0 saturated heterocycles. The lowest BCUT2D eigenvalue weighted by molar-refractivity contribution is 0.721. The van der Waals surface area contributed by atoms with Gasteiger partial charge >= 0.3 is 0 Å². The molecule has 1 aromatic heterocycles. The third-order valence-corrected chi connectivity index (χ3v) is 2.44. The average molecular weight is 182 g/mol. The Balaban J connectivity index is 2.25. The van der Waals surface area contributed by atoms with Crippen molar-refractivity contribution in [2.24, 2.45) is 5.73 Å². The third-order valence-electron chi connectivity index (χ3n) is 1.46. The summed E-state index contributed by atoms with van der Waals surface area (Å²) in [5.74, 6) is 1.05. The van der Waals surface area contributed by atoms with Gasteiger partial charge in [0.15, 0.2) is 0 Å². The number of hydrogen-bond donors (Lipinski definition) is 1. The Morgan fingerprint density at radius 2 is 2.42 bits per heavy atom. The molecular formula is C9H14N2S. The number of rotatable bonds is 4. The standard InChI is InChI=1S/C9H14N2S/c1-8(10)5-7-12-9-4-2-3-6-11-9/h2-4,6,8H,5,7,10H2,1H3. The monoisotopic (exact) mass is 182 g/mol. The molecule has 1 unspecified atom stereocenters. The predicted octanol–water partition coefficient (Wildman–Crippen LogP) is 1.91. The lowest BCUT2D eigenvalue weighted by Gasteiger charge is -2.03. The van der Waals surface area contributed by atoms with Gasteiger partial charge in [0.25, 0.3) is 0 Å². The molecule has 1 rings (SSSR count). The van der Waals surface area contributed by atoms with Crippen molar-refractivity contribution < 1.29 is 0 Å². The van der Waals surface area contributed by atoms with Crippen LogP contribution in [-0.4, -0.2) is 16.8 Å². The molecule has 0 bridgehead atoms. The minimum absolute atomic E-state index is 0.293. The zero-order valence-corrected chi connectivity index (χ0v) is 8.05. The lowest BCUT2D eigenvalue weighted by atomic mass is 10.3. The fourth-order valence-corrected chi connectivity index (χ4v) is 1.79. The van der Waals surface area contributed by atoms with Crippen LogP contribution in [0.3, 0.4) is 0 Å². The Morgan fingerprint density at radius 1 is 1.58 bits per heavy atom. The van der Waals surface area contributed by atoms with E-state index in [0.29, 0.717) is 6.04 Å². The number of hydrogen-bond acceptors (Lipinski definition) is 3. The van der Waals surface area contributed by atoms with Crippen LogP contribution < -0.4 is 5.73 Å². The van der Waals surface area contributed by atoms with Crippen LogP contribution in [0.2, 0.25) is 0 Å². The van der Waals surface area contributed by atoms with Gasteiger partial charge in [0.1, 0.15) is 0 Å². The van der Waals surface area contributed by atoms with Gasteiger partial charge in [-0.15, -0.1) is 11.8 Å². The quantitative estimate of drug-likeness (QED) is 0.723. The molecule has 0 saturated carbocycles. The second-order valence-corrected chi connectivity index (χ2v) is 3.90. The van der Waals surface area contributed by atoms with Crippen LogP contribution in [0.25, 0.3) is 0 Å². The summed E-state index contributed by atoms with van der Waals surface area (Å²) in [6.45, 7) is 2.03. The number of aromatic nitrogens is 1. The predicted molar refractivity (Wildman–Crippen MR) is 53.2 cm³/mol. The molecule has 3 heteroatoms. The van der Waals surface area contributed by atoms with Gasteiger partial charge < -0.3 is 5.73 Å². The summed E-state index contributed by atoms with van der Waals surface area (Å²) < 4.78 is 0. The highest BCUT2D eigenvalue weighted by Crippen LogP contribution is 2.14. The van der Waals surface area contributed by atoms with Crippen LogP contribution in [0.1, 0.15) is 13.3 Å². The molecule has 2 N–H and O–H groups in total. The van der Waals surface area contributed by atoms with Crippen molar-refractivity contribution in [3.05, 3.63) is 24.4 Å². The van der Waals surface area contributed by atoms with Gasteiger partial charge in [-0.2, -0.15) is 0 Å². The van der Waals surface area contributed by atoms with Crippen LogP contribution in [0.5, 0.6) is 0 Å². The zero-order chi connectivity index (χ0) is 8.81. The second kappa shape index (κ2) is 5.17. The number of thioether (sulfide) groups is 1. The molecule has 66 valence electrons. The molecule has 0 aliphatic heterocycles. The summed E-state index contributed by atoms with van der Waals surface area (Å²) >= 11 is 1.76. The lowest BCUT2D eigenvalue weighted by Crippen LogP contribution is -2.15. The Kier molecular flexibility index (Phi) is 4.11. The molecule has 1 aromatic rings. The van der Waals surface area contributed by atoms with Gasteiger partial charge in [-0.05, 0) is 25.5 Å². The van der Waals surface area contributed by atoms with E-state index >= 15 is 0 Å². The smallest absolute Gasteiger partial charge is 0.0959 e. The normalized spacial score (nSPS) is 12.8. The van der Waals surface area contributed by atoms with Crippen molar-refractivity contribution in [2.75, 3.05) is 5.75 Å². The summed E-state index contributed by atoms with van der Waals surface area (Å²) in [5.41, 5.74) is 5.62. The van der Waals surface area contributed by atoms with E-state index in [-0.39, 0.29) is 0 Å². The molecule has 0 aliphatic carbocycles. The number of nitrogens with zero attached hydrogens (tertiary/aromatic N) is 1. The van der Waals surface area contributed by atoms with Crippen molar-refractivity contribution in [1.29, 1.82) is 0 Å². The van der Waals surface area contributed by atoms with E-state index in [1.54, 1.807) is 11.8 Å². The van der Waals surface area contributed by atoms with Crippen molar-refractivity contribution in [1.82, 2.24) is 4.98 Å². The minimum atomic E-state index is 0.293. The number of pyridine rings is 1. The average Bonchev–Trinajstić information content (AvgIpc) is 2.05. The number of nitrogens with two attached hydrogens (primary N) is 1. The van der Waals surface area contributed by atoms with E-state index in [9.17, 15) is 0 Å². The molecule has 0 amide bonds. The molecule has 2 nitrogen and oxygen atoms in total. The summed E-state index contributed by atoms with van der Waals surface area (Å²) in [4.78, 5) is 4.20. The summed E-state index contributed by atoms with van der Waals surface area (Å²) in [5, 5.41) is 1.08. The highest BCUT2D eigenvalue weighted by Gasteiger charge is 1.96. The first kappa shape index (κ1) is 9.55. The molecule has 0 fully saturated rings. The van der Waals surface area contributed by atoms with Crippen molar-refractivity contribution in [2.45, 2.75) is 24.4 Å². The van der Waals surface area contributed by atoms with Crippen LogP contribution in [0.15, 0.2) is 29.4 Å². The maximum absolute atomic E-state index is 5.62. The van der Waals surface area contributed by atoms with Crippen LogP contribution in [0, 0.1) is 0 Å². The first-order valence-corrected chi connectivity index (χ1v) is 5.07. The molecule has 1 heterocycles. The van der Waals surface area contributed by atoms with E-state index in [1.807, 2.05) is 31.3 Å². The summed E-state index contributed by atoms with van der Waals surface area (Å²) in [7, 11) is 0. The first-order chi connectivity index (χ1) is 5.79. The molecule has 0 aliphatic rings. The molecule has 12 heavy (non-hydrogen) atoms. The Bertz CT molecular complexity index is 211. The van der Waals surface area contributed by atoms with E-state index in [4.69, 9.17) is 5.73 Å². The van der Waals surface area contributed by atoms with E-state index < -0.39 is 0 Å². The highest BCUT2D eigenvalue weighted by atomic mass is 32.2. The highest BCUT2D eigenvalue weighted by molar-refractivity contribution is 7.99. The summed E-state index contributed by atoms with van der Waals surface area (Å²) in [6, 6.07) is 6.24. The molecule has 0 spiro atoms. The van der Waals surface area contributed by atoms with Gasteiger partial charge in [-0.3, -0.25) is 0 Å². The largest absolute Gasteiger partial charge is 0.328 e. The fraction of sp³-hybridized carbons (Fsp3) is 0.444. The van der Waals surface area contributed by atoms with Crippen LogP contribution in [0.4, 0.5) is 0 Å².